The van der Waals surface area contributed by atoms with Gasteiger partial charge in [0.1, 0.15) is 0 Å². The fraction of sp³-hybridized carbons (Fsp3) is 0.571. The maximum Gasteiger partial charge on any atom is 0.168 e. The molecular formula is C14H18ClFO. The molecule has 1 nitrogen and oxygen atoms in total. The lowest BCUT2D eigenvalue weighted by Crippen LogP contribution is -2.16. The second-order valence-electron chi connectivity index (χ2n) is 5.26. The summed E-state index contributed by atoms with van der Waals surface area (Å²) in [4.78, 5) is 0. The van der Waals surface area contributed by atoms with Crippen LogP contribution in [0.2, 0.25) is 0 Å². The third kappa shape index (κ3) is 2.74. The molecule has 1 fully saturated rings. The van der Waals surface area contributed by atoms with E-state index in [4.69, 9.17) is 16.3 Å². The number of hydrogen-bond donors (Lipinski definition) is 0. The van der Waals surface area contributed by atoms with E-state index in [9.17, 15) is 4.39 Å². The molecule has 2 atom stereocenters. The Labute approximate surface area is 107 Å². The zero-order valence-electron chi connectivity index (χ0n) is 10.3. The van der Waals surface area contributed by atoms with Crippen LogP contribution in [-0.4, -0.2) is 12.5 Å². The van der Waals surface area contributed by atoms with Gasteiger partial charge in [-0.15, -0.1) is 11.6 Å². The topological polar surface area (TPSA) is 9.23 Å². The molecule has 2 unspecified atom stereocenters. The minimum absolute atomic E-state index is 0.125. The average Bonchev–Trinajstić information content (AvgIpc) is 2.62. The lowest BCUT2D eigenvalue weighted by atomic mass is 9.82. The highest BCUT2D eigenvalue weighted by Gasteiger charge is 2.34. The van der Waals surface area contributed by atoms with Gasteiger partial charge in [-0.1, -0.05) is 19.1 Å². The van der Waals surface area contributed by atoms with E-state index in [1.165, 1.54) is 7.11 Å². The van der Waals surface area contributed by atoms with E-state index >= 15 is 0 Å². The predicted octanol–water partition coefficient (Wildman–Crippen LogP) is 4.17. The molecule has 0 spiro atoms. The Hall–Kier alpha value is -0.760. The summed E-state index contributed by atoms with van der Waals surface area (Å²) in [6.07, 6.45) is 3.80. The monoisotopic (exact) mass is 256 g/mol. The van der Waals surface area contributed by atoms with Crippen molar-refractivity contribution in [1.82, 2.24) is 0 Å². The van der Waals surface area contributed by atoms with Gasteiger partial charge in [0, 0.05) is 5.38 Å². The summed E-state index contributed by atoms with van der Waals surface area (Å²) >= 11 is 6.14. The molecule has 1 aliphatic carbocycles. The van der Waals surface area contributed by atoms with Gasteiger partial charge in [-0.25, -0.2) is 4.39 Å². The van der Waals surface area contributed by atoms with Gasteiger partial charge in [0.05, 0.1) is 7.11 Å². The van der Waals surface area contributed by atoms with Crippen LogP contribution in [-0.2, 0) is 6.42 Å². The quantitative estimate of drug-likeness (QED) is 0.738. The van der Waals surface area contributed by atoms with E-state index in [-0.39, 0.29) is 16.6 Å². The molecule has 0 saturated heterocycles. The van der Waals surface area contributed by atoms with Crippen LogP contribution in [0.3, 0.4) is 0 Å². The first-order chi connectivity index (χ1) is 8.04. The standard InChI is InChI=1S/C14H18ClFO/c1-14(7-6-11(15)9-14)8-10-4-3-5-12(17-2)13(10)16/h3-5,11H,6-9H2,1-2H3. The molecule has 3 heteroatoms. The molecular weight excluding hydrogens is 239 g/mol. The molecule has 0 amide bonds. The normalized spacial score (nSPS) is 28.4. The fourth-order valence-electron chi connectivity index (χ4n) is 2.71. The summed E-state index contributed by atoms with van der Waals surface area (Å²) in [5.41, 5.74) is 0.859. The third-order valence-corrected chi connectivity index (χ3v) is 4.03. The van der Waals surface area contributed by atoms with E-state index < -0.39 is 0 Å². The van der Waals surface area contributed by atoms with Crippen LogP contribution < -0.4 is 4.74 Å². The molecule has 1 saturated carbocycles. The molecule has 0 aromatic heterocycles. The van der Waals surface area contributed by atoms with Crippen molar-refractivity contribution < 1.29 is 9.13 Å². The Morgan fingerprint density at radius 1 is 1.53 bits per heavy atom. The maximum atomic E-state index is 14.0. The van der Waals surface area contributed by atoms with Gasteiger partial charge in [-0.3, -0.25) is 0 Å². The molecule has 0 bridgehead atoms. The summed E-state index contributed by atoms with van der Waals surface area (Å²) < 4.78 is 19.0. The first-order valence-corrected chi connectivity index (χ1v) is 6.43. The Kier molecular flexibility index (Phi) is 3.62. The lowest BCUT2D eigenvalue weighted by molar-refractivity contribution is 0.325. The van der Waals surface area contributed by atoms with E-state index in [1.54, 1.807) is 6.07 Å². The van der Waals surface area contributed by atoms with Gasteiger partial charge in [-0.2, -0.15) is 0 Å². The van der Waals surface area contributed by atoms with Crippen LogP contribution in [0.25, 0.3) is 0 Å². The Bertz CT molecular complexity index is 407. The number of rotatable bonds is 3. The highest BCUT2D eigenvalue weighted by molar-refractivity contribution is 6.20. The van der Waals surface area contributed by atoms with Crippen molar-refractivity contribution in [2.45, 2.75) is 38.0 Å². The van der Waals surface area contributed by atoms with Gasteiger partial charge in [0.15, 0.2) is 11.6 Å². The van der Waals surface area contributed by atoms with Crippen LogP contribution in [0.15, 0.2) is 18.2 Å². The van der Waals surface area contributed by atoms with Crippen molar-refractivity contribution in [3.63, 3.8) is 0 Å². The molecule has 2 rings (SSSR count). The molecule has 17 heavy (non-hydrogen) atoms. The summed E-state index contributed by atoms with van der Waals surface area (Å²) in [6, 6.07) is 5.33. The highest BCUT2D eigenvalue weighted by Crippen LogP contribution is 2.43. The number of benzene rings is 1. The molecule has 0 radical (unpaired) electrons. The maximum absolute atomic E-state index is 14.0. The van der Waals surface area contributed by atoms with Gasteiger partial charge in [0.25, 0.3) is 0 Å². The van der Waals surface area contributed by atoms with E-state index in [2.05, 4.69) is 6.92 Å². The van der Waals surface area contributed by atoms with Crippen molar-refractivity contribution in [2.75, 3.05) is 7.11 Å². The largest absolute Gasteiger partial charge is 0.494 e. The van der Waals surface area contributed by atoms with Crippen LogP contribution in [0, 0.1) is 11.2 Å². The van der Waals surface area contributed by atoms with E-state index in [0.717, 1.165) is 31.2 Å². The van der Waals surface area contributed by atoms with E-state index in [1.807, 2.05) is 12.1 Å². The van der Waals surface area contributed by atoms with Gasteiger partial charge < -0.3 is 4.74 Å². The van der Waals surface area contributed by atoms with Crippen LogP contribution >= 0.6 is 11.6 Å². The van der Waals surface area contributed by atoms with Crippen molar-refractivity contribution in [2.24, 2.45) is 5.41 Å². The first-order valence-electron chi connectivity index (χ1n) is 5.99. The zero-order chi connectivity index (χ0) is 12.5. The van der Waals surface area contributed by atoms with Crippen LogP contribution in [0.1, 0.15) is 31.7 Å². The van der Waals surface area contributed by atoms with Crippen molar-refractivity contribution >= 4 is 11.6 Å². The Morgan fingerprint density at radius 3 is 2.88 bits per heavy atom. The Balaban J connectivity index is 2.19. The van der Waals surface area contributed by atoms with Crippen LogP contribution in [0.5, 0.6) is 5.75 Å². The molecule has 1 aromatic rings. The van der Waals surface area contributed by atoms with Gasteiger partial charge in [0.2, 0.25) is 0 Å². The molecule has 94 valence electrons. The fourth-order valence-corrected chi connectivity index (χ4v) is 3.20. The smallest absolute Gasteiger partial charge is 0.168 e. The number of ether oxygens (including phenoxy) is 1. The zero-order valence-corrected chi connectivity index (χ0v) is 11.1. The lowest BCUT2D eigenvalue weighted by Gasteiger charge is -2.24. The third-order valence-electron chi connectivity index (χ3n) is 3.66. The SMILES string of the molecule is COc1cccc(CC2(C)CCC(Cl)C2)c1F. The second-order valence-corrected chi connectivity index (χ2v) is 5.88. The van der Waals surface area contributed by atoms with Crippen molar-refractivity contribution in [3.8, 4) is 5.75 Å². The van der Waals surface area contributed by atoms with E-state index in [0.29, 0.717) is 5.75 Å². The first kappa shape index (κ1) is 12.7. The molecule has 0 N–H and O–H groups in total. The molecule has 0 heterocycles. The summed E-state index contributed by atoms with van der Waals surface area (Å²) in [5, 5.41) is 0.244. The number of hydrogen-bond acceptors (Lipinski definition) is 1. The van der Waals surface area contributed by atoms with Crippen molar-refractivity contribution in [1.29, 1.82) is 0 Å². The average molecular weight is 257 g/mol. The Morgan fingerprint density at radius 2 is 2.29 bits per heavy atom. The predicted molar refractivity (Wildman–Crippen MR) is 68.3 cm³/mol. The molecule has 1 aliphatic rings. The highest BCUT2D eigenvalue weighted by atomic mass is 35.5. The van der Waals surface area contributed by atoms with Gasteiger partial charge in [-0.05, 0) is 42.7 Å². The van der Waals surface area contributed by atoms with Crippen molar-refractivity contribution in [3.05, 3.63) is 29.6 Å². The molecule has 0 aliphatic heterocycles. The van der Waals surface area contributed by atoms with Crippen LogP contribution in [0.4, 0.5) is 4.39 Å². The minimum atomic E-state index is -0.228. The number of methoxy groups -OCH3 is 1. The van der Waals surface area contributed by atoms with Gasteiger partial charge >= 0.3 is 0 Å². The minimum Gasteiger partial charge on any atom is -0.494 e. The second kappa shape index (κ2) is 4.85. The summed E-state index contributed by atoms with van der Waals surface area (Å²) in [6.45, 7) is 2.19. The number of halogens is 2. The number of alkyl halides is 1. The summed E-state index contributed by atoms with van der Waals surface area (Å²) in [5.74, 6) is 0.0979. The summed E-state index contributed by atoms with van der Waals surface area (Å²) in [7, 11) is 1.49. The molecule has 1 aromatic carbocycles.